The number of hydrogen-bond donors (Lipinski definition) is 0. The third-order valence-electron chi connectivity index (χ3n) is 4.98. The van der Waals surface area contributed by atoms with Crippen LogP contribution < -0.4 is 0 Å². The smallest absolute Gasteiger partial charge is 0.0596 e. The van der Waals surface area contributed by atoms with Crippen LogP contribution in [0.5, 0.6) is 0 Å². The van der Waals surface area contributed by atoms with E-state index in [0.717, 1.165) is 6.42 Å². The Kier molecular flexibility index (Phi) is 4.24. The molecule has 1 aliphatic rings. The summed E-state index contributed by atoms with van der Waals surface area (Å²) in [7, 11) is 0. The van der Waals surface area contributed by atoms with E-state index in [1.165, 1.54) is 16.3 Å². The van der Waals surface area contributed by atoms with Crippen molar-refractivity contribution in [3.05, 3.63) is 48.0 Å². The molecule has 21 heavy (non-hydrogen) atoms. The van der Waals surface area contributed by atoms with Crippen LogP contribution in [0.25, 0.3) is 10.8 Å². The van der Waals surface area contributed by atoms with Gasteiger partial charge >= 0.3 is 0 Å². The third-order valence-corrected chi connectivity index (χ3v) is 5.43. The van der Waals surface area contributed by atoms with Crippen molar-refractivity contribution in [3.63, 3.8) is 0 Å². The zero-order valence-corrected chi connectivity index (χ0v) is 13.7. The van der Waals surface area contributed by atoms with E-state index in [4.69, 9.17) is 16.3 Å². The molecule has 0 aromatic heterocycles. The Morgan fingerprint density at radius 1 is 1.00 bits per heavy atom. The van der Waals surface area contributed by atoms with Gasteiger partial charge in [0.15, 0.2) is 0 Å². The van der Waals surface area contributed by atoms with Gasteiger partial charge in [-0.15, -0.1) is 11.6 Å². The number of rotatable bonds is 3. The van der Waals surface area contributed by atoms with E-state index in [2.05, 4.69) is 63.2 Å². The number of ether oxygens (including phenoxy) is 1. The largest absolute Gasteiger partial charge is 0.375 e. The van der Waals surface area contributed by atoms with Gasteiger partial charge in [-0.05, 0) is 42.5 Å². The van der Waals surface area contributed by atoms with Crippen LogP contribution in [0.2, 0.25) is 0 Å². The van der Waals surface area contributed by atoms with E-state index in [1.54, 1.807) is 0 Å². The molecule has 0 saturated carbocycles. The fraction of sp³-hybridized carbons (Fsp3) is 0.474. The van der Waals surface area contributed by atoms with Crippen molar-refractivity contribution in [1.82, 2.24) is 0 Å². The lowest BCUT2D eigenvalue weighted by atomic mass is 9.84. The maximum absolute atomic E-state index is 6.75. The van der Waals surface area contributed by atoms with E-state index < -0.39 is 0 Å². The Balaban J connectivity index is 1.78. The molecular weight excluding hydrogens is 280 g/mol. The predicted molar refractivity (Wildman–Crippen MR) is 90.0 cm³/mol. The van der Waals surface area contributed by atoms with Crippen LogP contribution in [-0.4, -0.2) is 17.6 Å². The zero-order valence-electron chi connectivity index (χ0n) is 12.9. The highest BCUT2D eigenvalue weighted by molar-refractivity contribution is 6.21. The van der Waals surface area contributed by atoms with Crippen molar-refractivity contribution < 1.29 is 4.74 Å². The molecule has 0 amide bonds. The maximum atomic E-state index is 6.75. The summed E-state index contributed by atoms with van der Waals surface area (Å²) in [5, 5.41) is 2.70. The molecule has 1 heterocycles. The normalized spacial score (nSPS) is 30.7. The second-order valence-electron chi connectivity index (χ2n) is 6.38. The Morgan fingerprint density at radius 2 is 1.71 bits per heavy atom. The minimum absolute atomic E-state index is 0.126. The van der Waals surface area contributed by atoms with Crippen LogP contribution in [0.3, 0.4) is 0 Å². The highest BCUT2D eigenvalue weighted by Gasteiger charge is 2.40. The van der Waals surface area contributed by atoms with Gasteiger partial charge in [0.25, 0.3) is 0 Å². The molecule has 5 unspecified atom stereocenters. The summed E-state index contributed by atoms with van der Waals surface area (Å²) in [5.41, 5.74) is 1.31. The molecular formula is C19H23ClO. The summed E-state index contributed by atoms with van der Waals surface area (Å²) in [5.74, 6) is 0.941. The standard InChI is InChI=1S/C19H23ClO/c1-12-13(2)21-14(3)19(12)18(20)11-15-8-9-16-6-4-5-7-17(16)10-15/h4-10,12-14,18-19H,11H2,1-3H3. The summed E-state index contributed by atoms with van der Waals surface area (Å²) in [6.07, 6.45) is 1.46. The molecule has 112 valence electrons. The van der Waals surface area contributed by atoms with E-state index in [1.807, 2.05) is 0 Å². The molecule has 1 fully saturated rings. The zero-order chi connectivity index (χ0) is 15.0. The first kappa shape index (κ1) is 14.9. The Morgan fingerprint density at radius 3 is 2.38 bits per heavy atom. The molecule has 0 spiro atoms. The van der Waals surface area contributed by atoms with Crippen molar-refractivity contribution in [3.8, 4) is 0 Å². The van der Waals surface area contributed by atoms with Gasteiger partial charge in [-0.25, -0.2) is 0 Å². The van der Waals surface area contributed by atoms with Crippen molar-refractivity contribution in [2.45, 2.75) is 44.8 Å². The van der Waals surface area contributed by atoms with E-state index >= 15 is 0 Å². The van der Waals surface area contributed by atoms with Gasteiger partial charge in [-0.3, -0.25) is 0 Å². The van der Waals surface area contributed by atoms with Gasteiger partial charge in [0.2, 0.25) is 0 Å². The molecule has 1 aliphatic heterocycles. The van der Waals surface area contributed by atoms with E-state index in [0.29, 0.717) is 17.9 Å². The lowest BCUT2D eigenvalue weighted by molar-refractivity contribution is 0.0508. The number of fused-ring (bicyclic) bond motifs is 1. The number of halogens is 1. The van der Waals surface area contributed by atoms with Crippen LogP contribution in [0.15, 0.2) is 42.5 Å². The van der Waals surface area contributed by atoms with Gasteiger partial charge in [0, 0.05) is 11.3 Å². The van der Waals surface area contributed by atoms with Crippen LogP contribution >= 0.6 is 11.6 Å². The number of benzene rings is 2. The van der Waals surface area contributed by atoms with Gasteiger partial charge in [0.05, 0.1) is 12.2 Å². The first-order valence-electron chi connectivity index (χ1n) is 7.83. The predicted octanol–water partition coefficient (Wildman–Crippen LogP) is 5.05. The van der Waals surface area contributed by atoms with Crippen molar-refractivity contribution in [2.75, 3.05) is 0 Å². The van der Waals surface area contributed by atoms with Crippen molar-refractivity contribution in [1.29, 1.82) is 0 Å². The molecule has 0 bridgehead atoms. The molecule has 1 saturated heterocycles. The summed E-state index contributed by atoms with van der Waals surface area (Å²) in [4.78, 5) is 0. The Bertz CT molecular complexity index is 624. The molecule has 0 radical (unpaired) electrons. The molecule has 3 rings (SSSR count). The fourth-order valence-electron chi connectivity index (χ4n) is 3.64. The Labute approximate surface area is 132 Å². The first-order valence-corrected chi connectivity index (χ1v) is 8.27. The molecule has 2 heteroatoms. The van der Waals surface area contributed by atoms with Crippen LogP contribution in [0.4, 0.5) is 0 Å². The second kappa shape index (κ2) is 5.98. The molecule has 0 aliphatic carbocycles. The summed E-state index contributed by atoms with van der Waals surface area (Å²) in [6.45, 7) is 6.57. The van der Waals surface area contributed by atoms with Crippen molar-refractivity contribution in [2.24, 2.45) is 11.8 Å². The SMILES string of the molecule is CC1OC(C)C(C(Cl)Cc2ccc3ccccc3c2)C1C. The Hall–Kier alpha value is -1.05. The van der Waals surface area contributed by atoms with Crippen LogP contribution in [0.1, 0.15) is 26.3 Å². The number of hydrogen-bond acceptors (Lipinski definition) is 1. The topological polar surface area (TPSA) is 9.23 Å². The van der Waals surface area contributed by atoms with Gasteiger partial charge < -0.3 is 4.74 Å². The molecule has 0 N–H and O–H groups in total. The van der Waals surface area contributed by atoms with Gasteiger partial charge in [0.1, 0.15) is 0 Å². The molecule has 2 aromatic rings. The minimum Gasteiger partial charge on any atom is -0.375 e. The monoisotopic (exact) mass is 302 g/mol. The highest BCUT2D eigenvalue weighted by Crippen LogP contribution is 2.37. The average Bonchev–Trinajstić information content (AvgIpc) is 2.72. The maximum Gasteiger partial charge on any atom is 0.0596 e. The third kappa shape index (κ3) is 2.95. The quantitative estimate of drug-likeness (QED) is 0.721. The fourth-order valence-corrected chi connectivity index (χ4v) is 4.26. The average molecular weight is 303 g/mol. The summed E-state index contributed by atoms with van der Waals surface area (Å²) < 4.78 is 5.93. The summed E-state index contributed by atoms with van der Waals surface area (Å²) >= 11 is 6.75. The van der Waals surface area contributed by atoms with E-state index in [9.17, 15) is 0 Å². The minimum atomic E-state index is 0.126. The highest BCUT2D eigenvalue weighted by atomic mass is 35.5. The first-order chi connectivity index (χ1) is 10.1. The van der Waals surface area contributed by atoms with Gasteiger partial charge in [-0.2, -0.15) is 0 Å². The second-order valence-corrected chi connectivity index (χ2v) is 6.94. The van der Waals surface area contributed by atoms with Crippen LogP contribution in [-0.2, 0) is 11.2 Å². The molecule has 1 nitrogen and oxygen atoms in total. The van der Waals surface area contributed by atoms with E-state index in [-0.39, 0.29) is 11.5 Å². The summed E-state index contributed by atoms with van der Waals surface area (Å²) in [6, 6.07) is 15.1. The molecule has 2 aromatic carbocycles. The lowest BCUT2D eigenvalue weighted by Gasteiger charge is -2.24. The number of alkyl halides is 1. The van der Waals surface area contributed by atoms with Gasteiger partial charge in [-0.1, -0.05) is 49.4 Å². The van der Waals surface area contributed by atoms with Crippen molar-refractivity contribution >= 4 is 22.4 Å². The molecule has 5 atom stereocenters. The van der Waals surface area contributed by atoms with Crippen LogP contribution in [0, 0.1) is 11.8 Å². The lowest BCUT2D eigenvalue weighted by Crippen LogP contribution is -2.28.